The van der Waals surface area contributed by atoms with Gasteiger partial charge in [-0.25, -0.2) is 0 Å². The third kappa shape index (κ3) is 47.8. The van der Waals surface area contributed by atoms with Gasteiger partial charge >= 0.3 is 0 Å². The third-order valence-corrected chi connectivity index (χ3v) is 12.7. The Morgan fingerprint density at radius 3 is 0.932 bits per heavy atom. The first-order chi connectivity index (χ1) is 29.2. The summed E-state index contributed by atoms with van der Waals surface area (Å²) in [4.78, 5) is 12.5. The molecule has 0 fully saturated rings. The molecular formula is C55H107NO3. The molecule has 0 heterocycles. The van der Waals surface area contributed by atoms with Crippen LogP contribution in [0.3, 0.4) is 0 Å². The van der Waals surface area contributed by atoms with Crippen molar-refractivity contribution in [1.82, 2.24) is 5.32 Å². The standard InChI is InChI=1S/C55H107NO3/c1-3-5-7-9-11-13-15-17-19-21-23-25-27-28-29-31-33-35-37-39-41-43-45-47-49-51-55(59)56-53(52-57)54(58)50-48-46-44-42-40-38-36-34-32-30-26-24-22-20-18-16-14-12-10-8-6-4-2/h21,23,48,50,53-54,57-58H,3-20,22,24-47,49,51-52H2,1-2H3,(H,56,59)/b23-21-,50-48+. The number of carbonyl (C=O) groups excluding carboxylic acids is 1. The van der Waals surface area contributed by atoms with E-state index in [1.54, 1.807) is 6.08 Å². The van der Waals surface area contributed by atoms with Gasteiger partial charge in [0, 0.05) is 6.42 Å². The molecule has 0 aliphatic carbocycles. The number of nitrogens with one attached hydrogen (secondary N) is 1. The maximum Gasteiger partial charge on any atom is 0.220 e. The number of hydrogen-bond donors (Lipinski definition) is 3. The normalized spacial score (nSPS) is 12.9. The zero-order valence-electron chi connectivity index (χ0n) is 40.3. The number of aliphatic hydroxyl groups is 2. The molecule has 0 rings (SSSR count). The van der Waals surface area contributed by atoms with Crippen molar-refractivity contribution >= 4 is 5.91 Å². The van der Waals surface area contributed by atoms with Crippen molar-refractivity contribution in [3.8, 4) is 0 Å². The predicted octanol–water partition coefficient (Wildman–Crippen LogP) is 17.5. The highest BCUT2D eigenvalue weighted by Gasteiger charge is 2.18. The molecule has 0 aromatic carbocycles. The van der Waals surface area contributed by atoms with Gasteiger partial charge in [-0.3, -0.25) is 4.79 Å². The van der Waals surface area contributed by atoms with Crippen LogP contribution in [0.25, 0.3) is 0 Å². The highest BCUT2D eigenvalue weighted by atomic mass is 16.3. The summed E-state index contributed by atoms with van der Waals surface area (Å²) in [5.41, 5.74) is 0. The minimum Gasteiger partial charge on any atom is -0.394 e. The van der Waals surface area contributed by atoms with Crippen LogP contribution in [0.15, 0.2) is 24.3 Å². The summed E-state index contributed by atoms with van der Waals surface area (Å²) in [7, 11) is 0. The van der Waals surface area contributed by atoms with Crippen LogP contribution >= 0.6 is 0 Å². The minimum atomic E-state index is -0.837. The Morgan fingerprint density at radius 1 is 0.390 bits per heavy atom. The number of hydrogen-bond acceptors (Lipinski definition) is 3. The van der Waals surface area contributed by atoms with Crippen molar-refractivity contribution in [2.75, 3.05) is 6.61 Å². The van der Waals surface area contributed by atoms with E-state index in [4.69, 9.17) is 0 Å². The minimum absolute atomic E-state index is 0.0591. The van der Waals surface area contributed by atoms with Crippen molar-refractivity contribution in [1.29, 1.82) is 0 Å². The molecule has 1 amide bonds. The van der Waals surface area contributed by atoms with Crippen LogP contribution in [-0.2, 0) is 4.79 Å². The summed E-state index contributed by atoms with van der Waals surface area (Å²) < 4.78 is 0. The van der Waals surface area contributed by atoms with Crippen molar-refractivity contribution in [2.45, 2.75) is 315 Å². The van der Waals surface area contributed by atoms with Gasteiger partial charge in [0.25, 0.3) is 0 Å². The lowest BCUT2D eigenvalue weighted by molar-refractivity contribution is -0.123. The zero-order valence-corrected chi connectivity index (χ0v) is 40.3. The van der Waals surface area contributed by atoms with E-state index in [1.807, 2.05) is 6.08 Å². The van der Waals surface area contributed by atoms with E-state index in [-0.39, 0.29) is 12.5 Å². The van der Waals surface area contributed by atoms with E-state index in [0.717, 1.165) is 25.7 Å². The summed E-state index contributed by atoms with van der Waals surface area (Å²) in [5.74, 6) is -0.0591. The third-order valence-electron chi connectivity index (χ3n) is 12.7. The molecule has 0 aromatic rings. The largest absolute Gasteiger partial charge is 0.394 e. The maximum atomic E-state index is 12.5. The number of unbranched alkanes of at least 4 members (excludes halogenated alkanes) is 41. The van der Waals surface area contributed by atoms with Crippen molar-refractivity contribution < 1.29 is 15.0 Å². The lowest BCUT2D eigenvalue weighted by Crippen LogP contribution is -2.45. The molecule has 0 aromatic heterocycles. The Hall–Kier alpha value is -1.13. The zero-order chi connectivity index (χ0) is 42.8. The first-order valence-electron chi connectivity index (χ1n) is 27.1. The maximum absolute atomic E-state index is 12.5. The van der Waals surface area contributed by atoms with Crippen molar-refractivity contribution in [3.05, 3.63) is 24.3 Å². The molecule has 59 heavy (non-hydrogen) atoms. The molecule has 0 aliphatic heterocycles. The van der Waals surface area contributed by atoms with Crippen LogP contribution in [0, 0.1) is 0 Å². The quantitative estimate of drug-likeness (QED) is 0.0422. The van der Waals surface area contributed by atoms with Crippen molar-refractivity contribution in [3.63, 3.8) is 0 Å². The van der Waals surface area contributed by atoms with E-state index in [2.05, 4.69) is 31.3 Å². The summed E-state index contributed by atoms with van der Waals surface area (Å²) in [6.07, 6.45) is 67.6. The molecule has 4 nitrogen and oxygen atoms in total. The molecular weight excluding hydrogens is 723 g/mol. The van der Waals surface area contributed by atoms with Gasteiger partial charge in [-0.1, -0.05) is 276 Å². The summed E-state index contributed by atoms with van der Waals surface area (Å²) in [6.45, 7) is 4.34. The fourth-order valence-corrected chi connectivity index (χ4v) is 8.53. The predicted molar refractivity (Wildman–Crippen MR) is 262 cm³/mol. The smallest absolute Gasteiger partial charge is 0.220 e. The second-order valence-corrected chi connectivity index (χ2v) is 18.7. The Kier molecular flexibility index (Phi) is 50.2. The van der Waals surface area contributed by atoms with E-state index in [0.29, 0.717) is 6.42 Å². The Morgan fingerprint density at radius 2 is 0.644 bits per heavy atom. The number of aliphatic hydroxyl groups excluding tert-OH is 2. The topological polar surface area (TPSA) is 69.6 Å². The van der Waals surface area contributed by atoms with E-state index in [1.165, 1.54) is 257 Å². The highest BCUT2D eigenvalue weighted by molar-refractivity contribution is 5.76. The number of allylic oxidation sites excluding steroid dienone is 3. The Balaban J connectivity index is 3.48. The molecule has 0 spiro atoms. The fraction of sp³-hybridized carbons (Fsp3) is 0.909. The number of amides is 1. The highest BCUT2D eigenvalue weighted by Crippen LogP contribution is 2.17. The molecule has 0 aliphatic rings. The number of carbonyl (C=O) groups is 1. The van der Waals surface area contributed by atoms with Gasteiger partial charge < -0.3 is 15.5 Å². The van der Waals surface area contributed by atoms with E-state index < -0.39 is 12.1 Å². The SMILES string of the molecule is CCCCCCCCCC/C=C\CCCCCCCCCCCCCCCC(=O)NC(CO)C(O)/C=C/CCCCCCCCCCCCCCCCCCCCCC. The molecule has 2 atom stereocenters. The molecule has 350 valence electrons. The van der Waals surface area contributed by atoms with Crippen LogP contribution in [-0.4, -0.2) is 34.9 Å². The van der Waals surface area contributed by atoms with Gasteiger partial charge in [-0.15, -0.1) is 0 Å². The van der Waals surface area contributed by atoms with Gasteiger partial charge in [-0.05, 0) is 44.9 Å². The number of rotatable bonds is 50. The summed E-state index contributed by atoms with van der Waals surface area (Å²) in [5, 5.41) is 23.2. The van der Waals surface area contributed by atoms with Gasteiger partial charge in [-0.2, -0.15) is 0 Å². The second-order valence-electron chi connectivity index (χ2n) is 18.7. The summed E-state index contributed by atoms with van der Waals surface area (Å²) in [6, 6.07) is -0.620. The Labute approximate surface area is 370 Å². The molecule has 0 saturated carbocycles. The molecule has 0 bridgehead atoms. The van der Waals surface area contributed by atoms with Crippen LogP contribution < -0.4 is 5.32 Å². The lowest BCUT2D eigenvalue weighted by Gasteiger charge is -2.20. The molecule has 0 radical (unpaired) electrons. The van der Waals surface area contributed by atoms with Crippen molar-refractivity contribution in [2.24, 2.45) is 0 Å². The van der Waals surface area contributed by atoms with Crippen LogP contribution in [0.5, 0.6) is 0 Å². The average molecular weight is 830 g/mol. The molecule has 3 N–H and O–H groups in total. The average Bonchev–Trinajstić information content (AvgIpc) is 3.24. The molecule has 4 heteroatoms. The second kappa shape index (κ2) is 51.2. The first-order valence-corrected chi connectivity index (χ1v) is 27.1. The first kappa shape index (κ1) is 57.9. The fourth-order valence-electron chi connectivity index (χ4n) is 8.53. The molecule has 0 saturated heterocycles. The van der Waals surface area contributed by atoms with Crippen LogP contribution in [0.4, 0.5) is 0 Å². The van der Waals surface area contributed by atoms with E-state index >= 15 is 0 Å². The van der Waals surface area contributed by atoms with Gasteiger partial charge in [0.05, 0.1) is 18.8 Å². The molecule has 2 unspecified atom stereocenters. The van der Waals surface area contributed by atoms with Gasteiger partial charge in [0.2, 0.25) is 5.91 Å². The Bertz CT molecular complexity index is 855. The van der Waals surface area contributed by atoms with Crippen LogP contribution in [0.2, 0.25) is 0 Å². The van der Waals surface area contributed by atoms with E-state index in [9.17, 15) is 15.0 Å². The van der Waals surface area contributed by atoms with Crippen LogP contribution in [0.1, 0.15) is 303 Å². The monoisotopic (exact) mass is 830 g/mol. The lowest BCUT2D eigenvalue weighted by atomic mass is 10.0. The summed E-state index contributed by atoms with van der Waals surface area (Å²) >= 11 is 0. The van der Waals surface area contributed by atoms with Gasteiger partial charge in [0.15, 0.2) is 0 Å². The van der Waals surface area contributed by atoms with Gasteiger partial charge in [0.1, 0.15) is 0 Å².